The zero-order chi connectivity index (χ0) is 39.1. The van der Waals surface area contributed by atoms with E-state index in [1.165, 1.54) is 0 Å². The van der Waals surface area contributed by atoms with Gasteiger partial charge in [-0.25, -0.2) is 0 Å². The first kappa shape index (κ1) is 52.8. The number of hydrogen-bond donors (Lipinski definition) is 2. The summed E-state index contributed by atoms with van der Waals surface area (Å²) in [5, 5.41) is 0. The van der Waals surface area contributed by atoms with Crippen LogP contribution in [0.5, 0.6) is 0 Å². The van der Waals surface area contributed by atoms with E-state index in [2.05, 4.69) is 256 Å². The summed E-state index contributed by atoms with van der Waals surface area (Å²) in [5.74, 6) is 0. The van der Waals surface area contributed by atoms with Gasteiger partial charge < -0.3 is 0 Å². The number of hydrogen-bond acceptors (Lipinski definition) is 2. The van der Waals surface area contributed by atoms with Crippen molar-refractivity contribution in [3.8, 4) is 0 Å². The van der Waals surface area contributed by atoms with Crippen LogP contribution in [-0.2, 0) is 27.7 Å². The quantitative estimate of drug-likeness (QED) is 0.190. The van der Waals surface area contributed by atoms with Gasteiger partial charge in [-0.15, -0.1) is 0 Å². The molecule has 2 N–H and O–H groups in total. The summed E-state index contributed by atoms with van der Waals surface area (Å²) < 4.78 is 29.2. The summed E-state index contributed by atoms with van der Waals surface area (Å²) in [6, 6.07) is -7.46. The molecule has 2 saturated heterocycles. The molecule has 0 unspecified atom stereocenters. The third-order valence-corrected chi connectivity index (χ3v) is 41.7. The van der Waals surface area contributed by atoms with Crippen LogP contribution in [0.2, 0.25) is 0 Å². The molecule has 0 bridgehead atoms. The largest absolute Gasteiger partial charge is 2.00 e. The van der Waals surface area contributed by atoms with Crippen LogP contribution >= 0.6 is 24.2 Å². The van der Waals surface area contributed by atoms with Crippen molar-refractivity contribution in [1.29, 1.82) is 0 Å². The Morgan fingerprint density at radius 1 is 0.367 bits per heavy atom. The van der Waals surface area contributed by atoms with E-state index in [9.17, 15) is 0 Å². The van der Waals surface area contributed by atoms with Gasteiger partial charge in [0.2, 0.25) is 0 Å². The summed E-state index contributed by atoms with van der Waals surface area (Å²) in [6.45, 7) is 54.2. The Morgan fingerprint density at radius 2 is 0.531 bits per heavy atom. The molecule has 49 heavy (non-hydrogen) atoms. The summed E-state index contributed by atoms with van der Waals surface area (Å²) in [6.07, 6.45) is 0. The maximum Gasteiger partial charge on any atom is 2.00 e. The third-order valence-electron chi connectivity index (χ3n) is 6.24. The maximum absolute atomic E-state index is 5.34. The van der Waals surface area contributed by atoms with Crippen molar-refractivity contribution >= 4 is 86.5 Å². The Balaban J connectivity index is 0.000000922. The van der Waals surface area contributed by atoms with E-state index >= 15 is 0 Å². The van der Waals surface area contributed by atoms with E-state index < -0.39 is 24.2 Å². The summed E-state index contributed by atoms with van der Waals surface area (Å²) in [4.78, 5) is 0. The fraction of sp³-hybridized carbons (Fsp3) is 1.00. The van der Waals surface area contributed by atoms with Gasteiger partial charge in [-0.2, -0.15) is 0 Å². The van der Waals surface area contributed by atoms with Crippen LogP contribution in [-0.4, -0.2) is 124 Å². The second-order valence-electron chi connectivity index (χ2n) is 21.2. The van der Waals surface area contributed by atoms with Gasteiger partial charge >= 0.3 is 361 Å². The van der Waals surface area contributed by atoms with Gasteiger partial charge in [-0.3, -0.25) is 0 Å². The van der Waals surface area contributed by atoms with Gasteiger partial charge in [-0.05, 0) is 0 Å². The molecular formula is C32H74HgN8P4Se4. The van der Waals surface area contributed by atoms with Gasteiger partial charge in [-0.1, -0.05) is 0 Å². The van der Waals surface area contributed by atoms with E-state index in [0.29, 0.717) is 0 Å². The first-order valence-corrected chi connectivity index (χ1v) is 32.6. The average molecular weight is 1210 g/mol. The van der Waals surface area contributed by atoms with Crippen LogP contribution in [0.3, 0.4) is 0 Å². The van der Waals surface area contributed by atoms with Crippen LogP contribution in [0.4, 0.5) is 0 Å². The second kappa shape index (κ2) is 15.8. The van der Waals surface area contributed by atoms with Crippen LogP contribution < -0.4 is 9.49 Å². The van der Waals surface area contributed by atoms with Gasteiger partial charge in [0.05, 0.1) is 0 Å². The predicted molar refractivity (Wildman–Crippen MR) is 223 cm³/mol. The van der Waals surface area contributed by atoms with E-state index in [4.69, 9.17) is 9.49 Å². The van der Waals surface area contributed by atoms with Gasteiger partial charge in [0, 0.05) is 0 Å². The fourth-order valence-corrected chi connectivity index (χ4v) is 67.1. The average Bonchev–Trinajstić information content (AvgIpc) is 2.53. The Morgan fingerprint density at radius 3 is 0.633 bits per heavy atom. The molecule has 2 fully saturated rings. The molecule has 2 aliphatic heterocycles. The van der Waals surface area contributed by atoms with Crippen molar-refractivity contribution in [3.63, 3.8) is 0 Å². The third kappa shape index (κ3) is 12.9. The molecule has 2 heterocycles. The Hall–Kier alpha value is 3.77. The smallest absolute Gasteiger partial charge is 2.00 e. The topological polar surface area (TPSA) is 65.6 Å². The molecule has 17 heteroatoms. The first-order chi connectivity index (χ1) is 20.3. The predicted octanol–water partition coefficient (Wildman–Crippen LogP) is 8.21. The standard InChI is InChI=1S/2C16H36N4P2Se2.Hg/c2*1-13(2,3)17-21(23)19(15(7,8)9)22(24,18-14(4,5)6)20(21)16(10,11)12;/h2*1-12H3;/q2*-2;+2/p+2. The van der Waals surface area contributed by atoms with Crippen molar-refractivity contribution in [1.82, 2.24) is 17.8 Å². The molecule has 0 aromatic carbocycles. The van der Waals surface area contributed by atoms with E-state index in [1.807, 2.05) is 0 Å². The van der Waals surface area contributed by atoms with Gasteiger partial charge in [0.15, 0.2) is 0 Å². The zero-order valence-corrected chi connectivity index (χ0v) is 51.7. The van der Waals surface area contributed by atoms with Crippen LogP contribution in [0.1, 0.15) is 166 Å². The summed E-state index contributed by atoms with van der Waals surface area (Å²) in [7, 11) is 0. The number of nitrogens with zero attached hydrogens (tertiary/aromatic N) is 6. The Bertz CT molecular complexity index is 1180. The molecule has 288 valence electrons. The first-order valence-electron chi connectivity index (χ1n) is 17.0. The molecule has 2 rings (SSSR count). The van der Waals surface area contributed by atoms with Crippen molar-refractivity contribution < 1.29 is 37.2 Å². The minimum absolute atomic E-state index is 0. The fourth-order valence-electron chi connectivity index (χ4n) is 6.09. The van der Waals surface area contributed by atoms with Crippen LogP contribution in [0.15, 0.2) is 9.49 Å². The van der Waals surface area contributed by atoms with Gasteiger partial charge in [0.1, 0.15) is 0 Å². The minimum atomic E-state index is -1.91. The van der Waals surface area contributed by atoms with Gasteiger partial charge in [0.25, 0.3) is 0 Å². The maximum atomic E-state index is 5.34. The van der Waals surface area contributed by atoms with Crippen molar-refractivity contribution in [2.45, 2.75) is 210 Å². The Kier molecular flexibility index (Phi) is 17.1. The minimum Gasteiger partial charge on any atom is 2.00 e. The molecule has 0 aromatic heterocycles. The van der Waals surface area contributed by atoms with Crippen molar-refractivity contribution in [2.75, 3.05) is 0 Å². The van der Waals surface area contributed by atoms with Crippen molar-refractivity contribution in [2.24, 2.45) is 9.49 Å². The van der Waals surface area contributed by atoms with E-state index in [-0.39, 0.29) is 72.0 Å². The summed E-state index contributed by atoms with van der Waals surface area (Å²) >= 11 is 14.3. The number of nitrogens with one attached hydrogen (secondary N) is 2. The second-order valence-corrected chi connectivity index (χ2v) is 43.3. The van der Waals surface area contributed by atoms with Crippen LogP contribution in [0.25, 0.3) is 0 Å². The molecule has 0 aliphatic carbocycles. The molecule has 0 spiro atoms. The molecule has 2 aliphatic rings. The molecule has 0 amide bonds. The zero-order valence-electron chi connectivity index (χ0n) is 35.8. The monoisotopic (exact) mass is 1220 g/mol. The molecule has 0 aromatic rings. The van der Waals surface area contributed by atoms with Crippen LogP contribution in [0, 0.1) is 0 Å². The molecular weight excluding hydrogens is 1140 g/mol. The molecule has 8 nitrogen and oxygen atoms in total. The molecule has 0 radical (unpaired) electrons. The Labute approximate surface area is 357 Å². The number of rotatable bonds is 0. The van der Waals surface area contributed by atoms with Crippen molar-refractivity contribution in [3.05, 3.63) is 0 Å². The molecule has 0 saturated carbocycles. The summed E-state index contributed by atoms with van der Waals surface area (Å²) in [5.41, 5.74) is -0.0325. The SMILES string of the molecule is CC(C)(C)N=P1([Se-])N(C(C)(C)C)P([Se-])(=[NH+]C(C)(C)C)N1C(C)(C)C.CC(C)(C)N=P1([Se-])N(C(C)(C)C)P([Se-])(=[NH+]C(C)(C)C)N1C(C)(C)C.[Hg+2]. The van der Waals surface area contributed by atoms with E-state index in [1.54, 1.807) is 0 Å². The van der Waals surface area contributed by atoms with E-state index in [0.717, 1.165) is 0 Å². The molecule has 0 atom stereocenters. The normalized spacial score (nSPS) is 30.3.